The Balaban J connectivity index is 2.40. The molecule has 0 saturated carbocycles. The fourth-order valence-electron chi connectivity index (χ4n) is 1.73. The molecule has 0 radical (unpaired) electrons. The molecule has 5 heteroatoms. The average Bonchev–Trinajstić information content (AvgIpc) is 2.47. The summed E-state index contributed by atoms with van der Waals surface area (Å²) in [5, 5.41) is 1.42. The number of hydrogen-bond acceptors (Lipinski definition) is 2. The van der Waals surface area contributed by atoms with Gasteiger partial charge in [0.2, 0.25) is 11.8 Å². The van der Waals surface area contributed by atoms with E-state index in [1.54, 1.807) is 6.07 Å². The van der Waals surface area contributed by atoms with Crippen LogP contribution in [0.25, 0.3) is 0 Å². The summed E-state index contributed by atoms with van der Waals surface area (Å²) in [6.07, 6.45) is 0. The predicted molar refractivity (Wildman–Crippen MR) is 64.4 cm³/mol. The van der Waals surface area contributed by atoms with Gasteiger partial charge in [-0.15, -0.1) is 11.6 Å². The maximum absolute atomic E-state index is 11.6. The van der Waals surface area contributed by atoms with Crippen molar-refractivity contribution in [1.29, 1.82) is 0 Å². The van der Waals surface area contributed by atoms with Crippen molar-refractivity contribution in [2.24, 2.45) is 0 Å². The molecule has 0 aromatic heterocycles. The number of halogens is 2. The van der Waals surface area contributed by atoms with Gasteiger partial charge in [-0.3, -0.25) is 14.9 Å². The Hall–Kier alpha value is -0.870. The van der Waals surface area contributed by atoms with E-state index in [9.17, 15) is 9.59 Å². The molecule has 1 aliphatic rings. The summed E-state index contributed by atoms with van der Waals surface area (Å²) in [6, 6.07) is 5.52. The van der Waals surface area contributed by atoms with Crippen LogP contribution in [-0.2, 0) is 9.59 Å². The third-order valence-corrected chi connectivity index (χ3v) is 3.95. The molecular formula is C11H9BrClNO2. The highest BCUT2D eigenvalue weighted by Gasteiger charge is 2.41. The summed E-state index contributed by atoms with van der Waals surface area (Å²) in [5.41, 5.74) is 1.78. The molecule has 1 aromatic carbocycles. The highest BCUT2D eigenvalue weighted by Crippen LogP contribution is 2.30. The Morgan fingerprint density at radius 1 is 1.31 bits per heavy atom. The van der Waals surface area contributed by atoms with Crippen LogP contribution in [0, 0.1) is 6.92 Å². The van der Waals surface area contributed by atoms with E-state index >= 15 is 0 Å². The van der Waals surface area contributed by atoms with E-state index in [0.717, 1.165) is 15.6 Å². The van der Waals surface area contributed by atoms with E-state index in [2.05, 4.69) is 21.2 Å². The summed E-state index contributed by atoms with van der Waals surface area (Å²) < 4.78 is 0.965. The highest BCUT2D eigenvalue weighted by atomic mass is 79.9. The van der Waals surface area contributed by atoms with E-state index in [4.69, 9.17) is 11.6 Å². The number of carbonyl (C=O) groups is 2. The summed E-state index contributed by atoms with van der Waals surface area (Å²) in [4.78, 5) is 22.8. The van der Waals surface area contributed by atoms with Gasteiger partial charge in [-0.2, -0.15) is 0 Å². The van der Waals surface area contributed by atoms with Gasteiger partial charge in [0.15, 0.2) is 0 Å². The fourth-order valence-corrected chi connectivity index (χ4v) is 2.30. The van der Waals surface area contributed by atoms with Crippen molar-refractivity contribution in [2.45, 2.75) is 18.2 Å². The molecule has 1 aliphatic heterocycles. The molecule has 1 saturated heterocycles. The topological polar surface area (TPSA) is 46.2 Å². The molecule has 2 amide bonds. The SMILES string of the molecule is Cc1cc(C2C(=O)NC(=O)C2Cl)ccc1Br. The van der Waals surface area contributed by atoms with Gasteiger partial charge >= 0.3 is 0 Å². The summed E-state index contributed by atoms with van der Waals surface area (Å²) in [5.74, 6) is -1.33. The Bertz CT molecular complexity index is 475. The lowest BCUT2D eigenvalue weighted by Crippen LogP contribution is -2.22. The first-order chi connectivity index (χ1) is 7.50. The van der Waals surface area contributed by atoms with Crippen molar-refractivity contribution >= 4 is 39.3 Å². The van der Waals surface area contributed by atoms with Gasteiger partial charge in [0.1, 0.15) is 5.38 Å². The molecule has 1 aromatic rings. The summed E-state index contributed by atoms with van der Waals surface area (Å²) in [7, 11) is 0. The number of carbonyl (C=O) groups excluding carboxylic acids is 2. The van der Waals surface area contributed by atoms with Crippen molar-refractivity contribution in [3.63, 3.8) is 0 Å². The molecule has 16 heavy (non-hydrogen) atoms. The van der Waals surface area contributed by atoms with Gasteiger partial charge in [-0.25, -0.2) is 0 Å². The van der Waals surface area contributed by atoms with Crippen LogP contribution in [0.2, 0.25) is 0 Å². The standard InChI is InChI=1S/C11H9BrClNO2/c1-5-4-6(2-3-7(5)12)8-9(13)11(16)14-10(8)15/h2-4,8-9H,1H3,(H,14,15,16). The zero-order chi connectivity index (χ0) is 11.9. The van der Waals surface area contributed by atoms with Crippen molar-refractivity contribution in [1.82, 2.24) is 5.32 Å². The van der Waals surface area contributed by atoms with E-state index in [0.29, 0.717) is 0 Å². The van der Waals surface area contributed by atoms with Gasteiger partial charge in [0.05, 0.1) is 5.92 Å². The number of rotatable bonds is 1. The summed E-state index contributed by atoms with van der Waals surface area (Å²) in [6.45, 7) is 1.92. The zero-order valence-electron chi connectivity index (χ0n) is 8.46. The van der Waals surface area contributed by atoms with Gasteiger partial charge < -0.3 is 0 Å². The van der Waals surface area contributed by atoms with Gasteiger partial charge in [0.25, 0.3) is 0 Å². The molecule has 3 nitrogen and oxygen atoms in total. The first kappa shape index (κ1) is 11.6. The zero-order valence-corrected chi connectivity index (χ0v) is 10.8. The molecule has 1 N–H and O–H groups in total. The van der Waals surface area contributed by atoms with Gasteiger partial charge in [-0.05, 0) is 24.1 Å². The van der Waals surface area contributed by atoms with Crippen LogP contribution < -0.4 is 5.32 Å². The Morgan fingerprint density at radius 2 is 2.00 bits per heavy atom. The second-order valence-corrected chi connectivity index (χ2v) is 5.07. The first-order valence-corrected chi connectivity index (χ1v) is 5.98. The number of alkyl halides is 1. The maximum Gasteiger partial charge on any atom is 0.245 e. The quantitative estimate of drug-likeness (QED) is 0.638. The first-order valence-electron chi connectivity index (χ1n) is 4.75. The van der Waals surface area contributed by atoms with Crippen LogP contribution in [0.3, 0.4) is 0 Å². The number of amides is 2. The Morgan fingerprint density at radius 3 is 2.50 bits per heavy atom. The van der Waals surface area contributed by atoms with Crippen LogP contribution in [0.15, 0.2) is 22.7 Å². The van der Waals surface area contributed by atoms with Gasteiger partial charge in [-0.1, -0.05) is 28.1 Å². The van der Waals surface area contributed by atoms with Crippen LogP contribution in [-0.4, -0.2) is 17.2 Å². The van der Waals surface area contributed by atoms with E-state index in [-0.39, 0.29) is 5.91 Å². The molecule has 1 fully saturated rings. The molecule has 0 aliphatic carbocycles. The minimum Gasteiger partial charge on any atom is -0.295 e. The third-order valence-electron chi connectivity index (χ3n) is 2.61. The van der Waals surface area contributed by atoms with Crippen LogP contribution in [0.1, 0.15) is 17.0 Å². The lowest BCUT2D eigenvalue weighted by molar-refractivity contribution is -0.125. The molecule has 2 atom stereocenters. The Labute approximate surface area is 106 Å². The Kier molecular flexibility index (Phi) is 3.04. The largest absolute Gasteiger partial charge is 0.295 e. The van der Waals surface area contributed by atoms with Crippen molar-refractivity contribution in [2.75, 3.05) is 0 Å². The number of hydrogen-bond donors (Lipinski definition) is 1. The maximum atomic E-state index is 11.6. The second kappa shape index (κ2) is 4.18. The second-order valence-electron chi connectivity index (χ2n) is 3.74. The predicted octanol–water partition coefficient (Wildman–Crippen LogP) is 2.10. The number of benzene rings is 1. The smallest absolute Gasteiger partial charge is 0.245 e. The van der Waals surface area contributed by atoms with Crippen molar-refractivity contribution in [3.05, 3.63) is 33.8 Å². The molecule has 0 bridgehead atoms. The normalized spacial score (nSPS) is 24.7. The van der Waals surface area contributed by atoms with E-state index < -0.39 is 17.2 Å². The van der Waals surface area contributed by atoms with Crippen LogP contribution >= 0.6 is 27.5 Å². The monoisotopic (exact) mass is 301 g/mol. The highest BCUT2D eigenvalue weighted by molar-refractivity contribution is 9.10. The lowest BCUT2D eigenvalue weighted by atomic mass is 9.96. The average molecular weight is 303 g/mol. The molecule has 2 rings (SSSR count). The van der Waals surface area contributed by atoms with Crippen LogP contribution in [0.4, 0.5) is 0 Å². The molecule has 0 spiro atoms. The fraction of sp³-hybridized carbons (Fsp3) is 0.273. The number of nitrogens with one attached hydrogen (secondary N) is 1. The lowest BCUT2D eigenvalue weighted by Gasteiger charge is -2.11. The molecule has 2 unspecified atom stereocenters. The van der Waals surface area contributed by atoms with E-state index in [1.807, 2.05) is 19.1 Å². The van der Waals surface area contributed by atoms with Crippen LogP contribution in [0.5, 0.6) is 0 Å². The molecule has 84 valence electrons. The number of imide groups is 1. The van der Waals surface area contributed by atoms with E-state index in [1.165, 1.54) is 0 Å². The minimum atomic E-state index is -0.812. The van der Waals surface area contributed by atoms with Crippen molar-refractivity contribution < 1.29 is 9.59 Å². The summed E-state index contributed by atoms with van der Waals surface area (Å²) >= 11 is 9.29. The molecule has 1 heterocycles. The van der Waals surface area contributed by atoms with Crippen molar-refractivity contribution in [3.8, 4) is 0 Å². The van der Waals surface area contributed by atoms with Gasteiger partial charge in [0, 0.05) is 4.47 Å². The number of aryl methyl sites for hydroxylation is 1. The minimum absolute atomic E-state index is 0.327. The molecular weight excluding hydrogens is 293 g/mol. The third kappa shape index (κ3) is 1.87.